The molecule has 0 aromatic heterocycles. The molecular weight excluding hydrogens is 444 g/mol. The minimum atomic E-state index is -0.326. The lowest BCUT2D eigenvalue weighted by molar-refractivity contribution is -0.124. The van der Waals surface area contributed by atoms with E-state index < -0.39 is 0 Å². The molecule has 182 valence electrons. The average molecular weight is 479 g/mol. The minimum absolute atomic E-state index is 0.114. The van der Waals surface area contributed by atoms with Crippen LogP contribution in [-0.2, 0) is 17.8 Å². The van der Waals surface area contributed by atoms with Crippen LogP contribution in [0.25, 0.3) is 0 Å². The number of nitrogens with one attached hydrogen (secondary N) is 2. The number of amides is 1. The van der Waals surface area contributed by atoms with E-state index >= 15 is 0 Å². The van der Waals surface area contributed by atoms with E-state index in [0.29, 0.717) is 41.2 Å². The number of hydrogen-bond acceptors (Lipinski definition) is 6. The topological polar surface area (TPSA) is 78.1 Å². The molecule has 0 radical (unpaired) electrons. The highest BCUT2D eigenvalue weighted by Gasteiger charge is 2.16. The molecule has 0 aliphatic rings. The van der Waals surface area contributed by atoms with Crippen molar-refractivity contribution in [3.63, 3.8) is 0 Å². The van der Waals surface area contributed by atoms with Crippen LogP contribution in [0.5, 0.6) is 23.0 Å². The minimum Gasteiger partial charge on any atom is -0.493 e. The Morgan fingerprint density at radius 3 is 2.30 bits per heavy atom. The van der Waals surface area contributed by atoms with Gasteiger partial charge in [-0.3, -0.25) is 4.79 Å². The Kier molecular flexibility index (Phi) is 10.1. The molecule has 2 rings (SSSR count). The van der Waals surface area contributed by atoms with Crippen molar-refractivity contribution in [3.05, 3.63) is 46.5 Å². The van der Waals surface area contributed by atoms with E-state index in [4.69, 9.17) is 30.5 Å². The van der Waals surface area contributed by atoms with Gasteiger partial charge in [-0.15, -0.1) is 0 Å². The molecule has 33 heavy (non-hydrogen) atoms. The maximum atomic E-state index is 12.1. The molecule has 0 saturated heterocycles. The summed E-state index contributed by atoms with van der Waals surface area (Å²) in [5.41, 5.74) is 1.70. The van der Waals surface area contributed by atoms with Crippen molar-refractivity contribution in [1.82, 2.24) is 10.6 Å². The smallest absolute Gasteiger partial charge is 0.258 e. The van der Waals surface area contributed by atoms with Gasteiger partial charge in [0.15, 0.2) is 29.6 Å². The normalized spacial score (nSPS) is 11.1. The zero-order chi connectivity index (χ0) is 24.4. The second kappa shape index (κ2) is 12.6. The Morgan fingerprint density at radius 1 is 0.970 bits per heavy atom. The lowest BCUT2D eigenvalue weighted by Gasteiger charge is -2.21. The molecule has 0 unspecified atom stereocenters. The SMILES string of the molecule is CCOc1cc(CNCCc2ccc(OC)c(OC)c2)c(Cl)cc1OCC(=O)NC(C)(C)C. The molecule has 0 fully saturated rings. The van der Waals surface area contributed by atoms with E-state index in [1.54, 1.807) is 20.3 Å². The number of ether oxygens (including phenoxy) is 4. The molecule has 0 aliphatic carbocycles. The third kappa shape index (κ3) is 8.67. The molecule has 2 aromatic carbocycles. The van der Waals surface area contributed by atoms with Crippen LogP contribution in [0, 0.1) is 0 Å². The zero-order valence-electron chi connectivity index (χ0n) is 20.3. The first kappa shape index (κ1) is 26.6. The van der Waals surface area contributed by atoms with Gasteiger partial charge in [0.1, 0.15) is 0 Å². The van der Waals surface area contributed by atoms with Crippen molar-refractivity contribution in [3.8, 4) is 23.0 Å². The fourth-order valence-corrected chi connectivity index (χ4v) is 3.40. The second-order valence-corrected chi connectivity index (χ2v) is 8.93. The standard InChI is InChI=1S/C25H35ClN2O5/c1-7-32-22-13-18(19(26)14-23(22)33-16-24(29)28-25(2,3)4)15-27-11-10-17-8-9-20(30-5)21(12-17)31-6/h8-9,12-14,27H,7,10-11,15-16H2,1-6H3,(H,28,29). The first-order valence-electron chi connectivity index (χ1n) is 11.0. The Bertz CT molecular complexity index is 928. The van der Waals surface area contributed by atoms with E-state index in [0.717, 1.165) is 24.1 Å². The summed E-state index contributed by atoms with van der Waals surface area (Å²) >= 11 is 6.49. The summed E-state index contributed by atoms with van der Waals surface area (Å²) in [6.07, 6.45) is 0.820. The van der Waals surface area contributed by atoms with Crippen molar-refractivity contribution in [2.45, 2.75) is 46.2 Å². The van der Waals surface area contributed by atoms with Gasteiger partial charge in [0.25, 0.3) is 5.91 Å². The summed E-state index contributed by atoms with van der Waals surface area (Å²) in [6.45, 7) is 9.32. The lowest BCUT2D eigenvalue weighted by atomic mass is 10.1. The number of benzene rings is 2. The van der Waals surface area contributed by atoms with Crippen molar-refractivity contribution >= 4 is 17.5 Å². The van der Waals surface area contributed by atoms with Crippen molar-refractivity contribution in [2.75, 3.05) is 34.0 Å². The molecule has 1 amide bonds. The van der Waals surface area contributed by atoms with Gasteiger partial charge in [-0.1, -0.05) is 17.7 Å². The summed E-state index contributed by atoms with van der Waals surface area (Å²) in [6, 6.07) is 9.45. The van der Waals surface area contributed by atoms with Gasteiger partial charge in [-0.2, -0.15) is 0 Å². The molecule has 2 aromatic rings. The average Bonchev–Trinajstić information content (AvgIpc) is 2.76. The van der Waals surface area contributed by atoms with Gasteiger partial charge >= 0.3 is 0 Å². The maximum absolute atomic E-state index is 12.1. The third-order valence-electron chi connectivity index (χ3n) is 4.64. The highest BCUT2D eigenvalue weighted by molar-refractivity contribution is 6.31. The summed E-state index contributed by atoms with van der Waals surface area (Å²) in [7, 11) is 3.25. The zero-order valence-corrected chi connectivity index (χ0v) is 21.1. The molecular formula is C25H35ClN2O5. The Balaban J connectivity index is 1.97. The van der Waals surface area contributed by atoms with Crippen LogP contribution in [0.2, 0.25) is 5.02 Å². The first-order chi connectivity index (χ1) is 15.7. The molecule has 0 aliphatic heterocycles. The molecule has 7 nitrogen and oxygen atoms in total. The van der Waals surface area contributed by atoms with Gasteiger partial charge in [-0.05, 0) is 70.0 Å². The van der Waals surface area contributed by atoms with Crippen LogP contribution in [0.4, 0.5) is 0 Å². The quantitative estimate of drug-likeness (QED) is 0.441. The van der Waals surface area contributed by atoms with E-state index in [1.807, 2.05) is 52.0 Å². The monoisotopic (exact) mass is 478 g/mol. The first-order valence-corrected chi connectivity index (χ1v) is 11.3. The van der Waals surface area contributed by atoms with Gasteiger partial charge in [0.05, 0.1) is 20.8 Å². The van der Waals surface area contributed by atoms with Crippen LogP contribution < -0.4 is 29.6 Å². The van der Waals surface area contributed by atoms with E-state index in [9.17, 15) is 4.79 Å². The molecule has 8 heteroatoms. The van der Waals surface area contributed by atoms with E-state index in [2.05, 4.69) is 10.6 Å². The Morgan fingerprint density at radius 2 is 1.67 bits per heavy atom. The predicted octanol–water partition coefficient (Wildman–Crippen LogP) is 4.38. The number of rotatable bonds is 12. The maximum Gasteiger partial charge on any atom is 0.258 e. The molecule has 0 spiro atoms. The van der Waals surface area contributed by atoms with Crippen molar-refractivity contribution < 1.29 is 23.7 Å². The predicted molar refractivity (Wildman–Crippen MR) is 131 cm³/mol. The van der Waals surface area contributed by atoms with Gasteiger partial charge < -0.3 is 29.6 Å². The molecule has 0 saturated carbocycles. The van der Waals surface area contributed by atoms with Crippen molar-refractivity contribution in [1.29, 1.82) is 0 Å². The van der Waals surface area contributed by atoms with Gasteiger partial charge in [0.2, 0.25) is 0 Å². The highest BCUT2D eigenvalue weighted by Crippen LogP contribution is 2.34. The molecule has 2 N–H and O–H groups in total. The number of methoxy groups -OCH3 is 2. The molecule has 0 atom stereocenters. The summed E-state index contributed by atoms with van der Waals surface area (Å²) in [5.74, 6) is 2.22. The fraction of sp³-hybridized carbons (Fsp3) is 0.480. The van der Waals surface area contributed by atoms with Crippen LogP contribution >= 0.6 is 11.6 Å². The van der Waals surface area contributed by atoms with E-state index in [1.165, 1.54) is 0 Å². The number of carbonyl (C=O) groups excluding carboxylic acids is 1. The van der Waals surface area contributed by atoms with Crippen LogP contribution in [-0.4, -0.2) is 45.4 Å². The molecule has 0 bridgehead atoms. The lowest BCUT2D eigenvalue weighted by Crippen LogP contribution is -2.43. The van der Waals surface area contributed by atoms with Gasteiger partial charge in [-0.25, -0.2) is 0 Å². The van der Waals surface area contributed by atoms with E-state index in [-0.39, 0.29) is 18.1 Å². The summed E-state index contributed by atoms with van der Waals surface area (Å²) < 4.78 is 22.1. The number of halogens is 1. The number of hydrogen-bond donors (Lipinski definition) is 2. The number of carbonyl (C=O) groups is 1. The largest absolute Gasteiger partial charge is 0.493 e. The van der Waals surface area contributed by atoms with Crippen LogP contribution in [0.15, 0.2) is 30.3 Å². The van der Waals surface area contributed by atoms with Crippen LogP contribution in [0.3, 0.4) is 0 Å². The summed E-state index contributed by atoms with van der Waals surface area (Å²) in [4.78, 5) is 12.1. The third-order valence-corrected chi connectivity index (χ3v) is 4.99. The van der Waals surface area contributed by atoms with Gasteiger partial charge in [0, 0.05) is 23.2 Å². The molecule has 0 heterocycles. The van der Waals surface area contributed by atoms with Crippen molar-refractivity contribution in [2.24, 2.45) is 0 Å². The second-order valence-electron chi connectivity index (χ2n) is 8.53. The fourth-order valence-electron chi connectivity index (χ4n) is 3.18. The highest BCUT2D eigenvalue weighted by atomic mass is 35.5. The summed E-state index contributed by atoms with van der Waals surface area (Å²) in [5, 5.41) is 6.82. The Labute approximate surface area is 201 Å². The Hall–Kier alpha value is -2.64. The van der Waals surface area contributed by atoms with Crippen LogP contribution in [0.1, 0.15) is 38.8 Å².